The number of hydrogen-bond acceptors (Lipinski definition) is 5. The number of methoxy groups -OCH3 is 1. The summed E-state index contributed by atoms with van der Waals surface area (Å²) in [6.45, 7) is 0.582. The number of carbonyl (C=O) groups excluding carboxylic acids is 1. The maximum atomic E-state index is 13.9. The quantitative estimate of drug-likeness (QED) is 0.287. The van der Waals surface area contributed by atoms with E-state index in [4.69, 9.17) is 9.47 Å². The Labute approximate surface area is 217 Å². The summed E-state index contributed by atoms with van der Waals surface area (Å²) in [5, 5.41) is 2.83. The first-order chi connectivity index (χ1) is 18.0. The molecule has 0 aliphatic carbocycles. The summed E-state index contributed by atoms with van der Waals surface area (Å²) in [6.07, 6.45) is 0. The molecule has 1 amide bonds. The molecule has 0 saturated heterocycles. The fourth-order valence-electron chi connectivity index (χ4n) is 3.75. The Balaban J connectivity index is 1.61. The van der Waals surface area contributed by atoms with E-state index < -0.39 is 15.9 Å². The normalized spacial score (nSPS) is 10.9. The van der Waals surface area contributed by atoms with Gasteiger partial charge in [-0.2, -0.15) is 0 Å². The third-order valence-electron chi connectivity index (χ3n) is 5.63. The first-order valence-electron chi connectivity index (χ1n) is 11.7. The van der Waals surface area contributed by atoms with E-state index in [1.165, 1.54) is 23.5 Å². The van der Waals surface area contributed by atoms with Gasteiger partial charge in [0.1, 0.15) is 18.1 Å². The Bertz CT molecular complexity index is 1410. The van der Waals surface area contributed by atoms with Crippen molar-refractivity contribution in [3.05, 3.63) is 120 Å². The van der Waals surface area contributed by atoms with E-state index in [1.807, 2.05) is 60.7 Å². The van der Waals surface area contributed by atoms with Gasteiger partial charge in [0.2, 0.25) is 0 Å². The highest BCUT2D eigenvalue weighted by atomic mass is 32.2. The molecule has 0 aliphatic rings. The van der Waals surface area contributed by atoms with Crippen LogP contribution in [-0.4, -0.2) is 34.6 Å². The van der Waals surface area contributed by atoms with Gasteiger partial charge >= 0.3 is 0 Å². The van der Waals surface area contributed by atoms with Crippen molar-refractivity contribution < 1.29 is 22.7 Å². The van der Waals surface area contributed by atoms with Crippen molar-refractivity contribution in [3.8, 4) is 11.5 Å². The van der Waals surface area contributed by atoms with Crippen LogP contribution < -0.4 is 19.1 Å². The smallest absolute Gasteiger partial charge is 0.264 e. The number of amides is 1. The molecule has 0 radical (unpaired) electrons. The van der Waals surface area contributed by atoms with Crippen molar-refractivity contribution in [2.24, 2.45) is 0 Å². The van der Waals surface area contributed by atoms with Gasteiger partial charge in [0.25, 0.3) is 15.9 Å². The zero-order valence-electron chi connectivity index (χ0n) is 20.4. The second kappa shape index (κ2) is 12.1. The average molecular weight is 517 g/mol. The molecule has 8 heteroatoms. The molecule has 0 heterocycles. The van der Waals surface area contributed by atoms with Crippen LogP contribution in [0.4, 0.5) is 5.69 Å². The van der Waals surface area contributed by atoms with E-state index in [9.17, 15) is 13.2 Å². The van der Waals surface area contributed by atoms with Gasteiger partial charge < -0.3 is 14.8 Å². The van der Waals surface area contributed by atoms with Crippen LogP contribution in [0.3, 0.4) is 0 Å². The largest absolute Gasteiger partial charge is 0.497 e. The lowest BCUT2D eigenvalue weighted by atomic mass is 10.1. The van der Waals surface area contributed by atoms with Crippen LogP contribution in [0.5, 0.6) is 11.5 Å². The predicted octanol–water partition coefficient (Wildman–Crippen LogP) is 4.90. The molecule has 0 saturated carbocycles. The summed E-state index contributed by atoms with van der Waals surface area (Å²) >= 11 is 0. The standard InChI is InChI=1S/C29H28N2O5S/c1-35-24-16-18-26(19-17-24)37(33,34)31(22-23-10-4-2-5-11-23)28-15-9-8-14-27(28)29(32)30-20-21-36-25-12-6-3-7-13-25/h2-19H,20-22H2,1H3,(H,30,32). The molecule has 0 atom stereocenters. The maximum absolute atomic E-state index is 13.9. The van der Waals surface area contributed by atoms with Crippen molar-refractivity contribution in [2.75, 3.05) is 24.6 Å². The van der Waals surface area contributed by atoms with Crippen LogP contribution in [0.2, 0.25) is 0 Å². The second-order valence-electron chi connectivity index (χ2n) is 8.11. The van der Waals surface area contributed by atoms with Gasteiger partial charge in [-0.15, -0.1) is 0 Å². The predicted molar refractivity (Wildman–Crippen MR) is 144 cm³/mol. The number of anilines is 1. The molecule has 0 spiro atoms. The molecular formula is C29H28N2O5S. The molecule has 0 fully saturated rings. The highest BCUT2D eigenvalue weighted by Crippen LogP contribution is 2.30. The van der Waals surface area contributed by atoms with Crippen LogP contribution in [0, 0.1) is 0 Å². The highest BCUT2D eigenvalue weighted by molar-refractivity contribution is 7.92. The minimum Gasteiger partial charge on any atom is -0.497 e. The lowest BCUT2D eigenvalue weighted by molar-refractivity contribution is 0.0947. The minimum absolute atomic E-state index is 0.0522. The minimum atomic E-state index is -4.02. The van der Waals surface area contributed by atoms with Crippen molar-refractivity contribution in [2.45, 2.75) is 11.4 Å². The number of sulfonamides is 1. The SMILES string of the molecule is COc1ccc(S(=O)(=O)N(Cc2ccccc2)c2ccccc2C(=O)NCCOc2ccccc2)cc1. The number of hydrogen-bond donors (Lipinski definition) is 1. The Morgan fingerprint density at radius 3 is 2.08 bits per heavy atom. The Hall–Kier alpha value is -4.30. The molecule has 0 bridgehead atoms. The number of nitrogens with one attached hydrogen (secondary N) is 1. The van der Waals surface area contributed by atoms with Crippen LogP contribution in [0.1, 0.15) is 15.9 Å². The fraction of sp³-hybridized carbons (Fsp3) is 0.138. The number of nitrogens with zero attached hydrogens (tertiary/aromatic N) is 1. The molecule has 190 valence electrons. The molecule has 7 nitrogen and oxygen atoms in total. The fourth-order valence-corrected chi connectivity index (χ4v) is 5.22. The average Bonchev–Trinajstić information content (AvgIpc) is 2.95. The summed E-state index contributed by atoms with van der Waals surface area (Å²) in [5.74, 6) is 0.859. The molecule has 0 unspecified atom stereocenters. The van der Waals surface area contributed by atoms with E-state index in [-0.39, 0.29) is 35.8 Å². The highest BCUT2D eigenvalue weighted by Gasteiger charge is 2.28. The van der Waals surface area contributed by atoms with Crippen LogP contribution in [-0.2, 0) is 16.6 Å². The third kappa shape index (κ3) is 6.48. The first kappa shape index (κ1) is 25.8. The first-order valence-corrected chi connectivity index (χ1v) is 13.2. The van der Waals surface area contributed by atoms with Gasteiger partial charge in [-0.25, -0.2) is 8.42 Å². The lowest BCUT2D eigenvalue weighted by Gasteiger charge is -2.26. The third-order valence-corrected chi connectivity index (χ3v) is 7.41. The maximum Gasteiger partial charge on any atom is 0.264 e. The topological polar surface area (TPSA) is 84.9 Å². The number of rotatable bonds is 11. The van der Waals surface area contributed by atoms with Crippen molar-refractivity contribution in [1.29, 1.82) is 0 Å². The van der Waals surface area contributed by atoms with Crippen LogP contribution >= 0.6 is 0 Å². The lowest BCUT2D eigenvalue weighted by Crippen LogP contribution is -2.34. The van der Waals surface area contributed by atoms with Crippen LogP contribution in [0.25, 0.3) is 0 Å². The van der Waals surface area contributed by atoms with Gasteiger partial charge in [0.15, 0.2) is 0 Å². The summed E-state index contributed by atoms with van der Waals surface area (Å²) in [6, 6.07) is 31.4. The van der Waals surface area contributed by atoms with Gasteiger partial charge in [-0.3, -0.25) is 9.10 Å². The number of para-hydroxylation sites is 2. The summed E-state index contributed by atoms with van der Waals surface area (Å²) in [5.41, 5.74) is 1.31. The molecule has 4 rings (SSSR count). The molecule has 4 aromatic carbocycles. The number of ether oxygens (including phenoxy) is 2. The number of carbonyl (C=O) groups is 1. The van der Waals surface area contributed by atoms with Gasteiger partial charge in [0, 0.05) is 0 Å². The van der Waals surface area contributed by atoms with E-state index in [2.05, 4.69) is 5.32 Å². The molecule has 1 N–H and O–H groups in total. The van der Waals surface area contributed by atoms with Crippen molar-refractivity contribution in [1.82, 2.24) is 5.32 Å². The molecule has 4 aromatic rings. The molecule has 37 heavy (non-hydrogen) atoms. The van der Waals surface area contributed by atoms with E-state index in [0.717, 1.165) is 5.56 Å². The Morgan fingerprint density at radius 2 is 1.41 bits per heavy atom. The van der Waals surface area contributed by atoms with Crippen molar-refractivity contribution >= 4 is 21.6 Å². The monoisotopic (exact) mass is 516 g/mol. The van der Waals surface area contributed by atoms with E-state index >= 15 is 0 Å². The molecule has 0 aliphatic heterocycles. The summed E-state index contributed by atoms with van der Waals surface area (Å²) < 4.78 is 39.8. The molecule has 0 aromatic heterocycles. The summed E-state index contributed by atoms with van der Waals surface area (Å²) in [4.78, 5) is 13.3. The van der Waals surface area contributed by atoms with E-state index in [1.54, 1.807) is 36.4 Å². The summed E-state index contributed by atoms with van der Waals surface area (Å²) in [7, 11) is -2.50. The van der Waals surface area contributed by atoms with Crippen LogP contribution in [0.15, 0.2) is 114 Å². The zero-order valence-corrected chi connectivity index (χ0v) is 21.2. The van der Waals surface area contributed by atoms with E-state index in [0.29, 0.717) is 11.5 Å². The zero-order chi connectivity index (χ0) is 26.1. The Morgan fingerprint density at radius 1 is 0.784 bits per heavy atom. The van der Waals surface area contributed by atoms with Gasteiger partial charge in [-0.1, -0.05) is 60.7 Å². The molecular weight excluding hydrogens is 488 g/mol. The second-order valence-corrected chi connectivity index (χ2v) is 9.97. The Kier molecular flexibility index (Phi) is 8.43. The number of benzene rings is 4. The van der Waals surface area contributed by atoms with Crippen molar-refractivity contribution in [3.63, 3.8) is 0 Å². The van der Waals surface area contributed by atoms with Gasteiger partial charge in [-0.05, 0) is 54.1 Å². The van der Waals surface area contributed by atoms with Gasteiger partial charge in [0.05, 0.1) is 36.3 Å².